The van der Waals surface area contributed by atoms with Gasteiger partial charge in [0.15, 0.2) is 0 Å². The van der Waals surface area contributed by atoms with Gasteiger partial charge in [0.2, 0.25) is 6.41 Å². The van der Waals surface area contributed by atoms with E-state index in [9.17, 15) is 4.79 Å². The number of aryl methyl sites for hydroxylation is 1. The lowest BCUT2D eigenvalue weighted by molar-refractivity contribution is -0.126. The summed E-state index contributed by atoms with van der Waals surface area (Å²) in [5.41, 5.74) is 3.91. The Bertz CT molecular complexity index is 482. The van der Waals surface area contributed by atoms with Crippen LogP contribution in [0.3, 0.4) is 0 Å². The molecular formula is C14H17NO. The number of nitrogens with zero attached hydrogens (tertiary/aromatic N) is 1. The second-order valence-corrected chi connectivity index (χ2v) is 5.52. The minimum atomic E-state index is -0.0722. The molecule has 1 saturated heterocycles. The van der Waals surface area contributed by atoms with Crippen molar-refractivity contribution in [1.82, 2.24) is 4.90 Å². The number of carbonyl (C=O) groups is 1. The highest BCUT2D eigenvalue weighted by molar-refractivity contribution is 5.62. The van der Waals surface area contributed by atoms with Crippen molar-refractivity contribution in [1.29, 1.82) is 0 Å². The Balaban J connectivity index is 2.36. The predicted molar refractivity (Wildman–Crippen MR) is 63.0 cm³/mol. The van der Waals surface area contributed by atoms with Gasteiger partial charge in [0, 0.05) is 0 Å². The number of hydrogen-bond donors (Lipinski definition) is 0. The number of benzene rings is 1. The van der Waals surface area contributed by atoms with Gasteiger partial charge in [0.05, 0.1) is 11.1 Å². The molecule has 2 aliphatic heterocycles. The Morgan fingerprint density at radius 3 is 2.56 bits per heavy atom. The summed E-state index contributed by atoms with van der Waals surface area (Å²) in [7, 11) is 0. The van der Waals surface area contributed by atoms with Crippen LogP contribution < -0.4 is 0 Å². The molecule has 0 spiro atoms. The Morgan fingerprint density at radius 1 is 1.25 bits per heavy atom. The largest absolute Gasteiger partial charge is 0.326 e. The first-order valence-corrected chi connectivity index (χ1v) is 5.89. The molecule has 16 heavy (non-hydrogen) atoms. The van der Waals surface area contributed by atoms with Crippen molar-refractivity contribution in [3.63, 3.8) is 0 Å². The van der Waals surface area contributed by atoms with E-state index >= 15 is 0 Å². The van der Waals surface area contributed by atoms with Crippen molar-refractivity contribution in [3.8, 4) is 0 Å². The molecule has 1 aromatic rings. The fraction of sp³-hybridized carbons (Fsp3) is 0.500. The standard InChI is InChI=1S/C14H17NO/c1-10-5-4-6-11-12(10)14(3)8-7-13(11,2)15(14)9-16/h4-6,9H,7-8H2,1-3H3/t13-,14+/m0/s1. The van der Waals surface area contributed by atoms with Crippen LogP contribution in [0.15, 0.2) is 18.2 Å². The van der Waals surface area contributed by atoms with E-state index in [4.69, 9.17) is 0 Å². The molecule has 84 valence electrons. The molecule has 0 aromatic heterocycles. The van der Waals surface area contributed by atoms with E-state index in [1.807, 2.05) is 4.90 Å². The van der Waals surface area contributed by atoms with Crippen LogP contribution in [0.25, 0.3) is 0 Å². The van der Waals surface area contributed by atoms with Crippen LogP contribution in [-0.4, -0.2) is 11.3 Å². The molecule has 2 heteroatoms. The third-order valence-corrected chi connectivity index (χ3v) is 4.66. The van der Waals surface area contributed by atoms with E-state index in [1.54, 1.807) is 0 Å². The highest BCUT2D eigenvalue weighted by atomic mass is 16.1. The molecule has 2 nitrogen and oxygen atoms in total. The molecule has 2 atom stereocenters. The summed E-state index contributed by atoms with van der Waals surface area (Å²) >= 11 is 0. The zero-order chi connectivity index (χ0) is 11.6. The number of hydrogen-bond acceptors (Lipinski definition) is 1. The normalized spacial score (nSPS) is 35.3. The monoisotopic (exact) mass is 215 g/mol. The van der Waals surface area contributed by atoms with Gasteiger partial charge in [-0.2, -0.15) is 0 Å². The maximum absolute atomic E-state index is 11.4. The fourth-order valence-electron chi connectivity index (χ4n) is 3.85. The molecular weight excluding hydrogens is 198 g/mol. The smallest absolute Gasteiger partial charge is 0.211 e. The molecule has 0 radical (unpaired) electrons. The van der Waals surface area contributed by atoms with Crippen LogP contribution in [0.5, 0.6) is 0 Å². The van der Waals surface area contributed by atoms with E-state index in [0.717, 1.165) is 19.3 Å². The van der Waals surface area contributed by atoms with E-state index in [-0.39, 0.29) is 11.1 Å². The van der Waals surface area contributed by atoms with E-state index in [0.29, 0.717) is 0 Å². The van der Waals surface area contributed by atoms with E-state index < -0.39 is 0 Å². The van der Waals surface area contributed by atoms with E-state index in [2.05, 4.69) is 39.0 Å². The molecule has 1 amide bonds. The van der Waals surface area contributed by atoms with Gasteiger partial charge in [0.25, 0.3) is 0 Å². The van der Waals surface area contributed by atoms with Crippen molar-refractivity contribution >= 4 is 6.41 Å². The summed E-state index contributed by atoms with van der Waals surface area (Å²) in [6.45, 7) is 6.54. The van der Waals surface area contributed by atoms with Crippen LogP contribution in [0.2, 0.25) is 0 Å². The molecule has 3 rings (SSSR count). The molecule has 0 unspecified atom stereocenters. The van der Waals surface area contributed by atoms with E-state index in [1.165, 1.54) is 16.7 Å². The maximum atomic E-state index is 11.4. The van der Waals surface area contributed by atoms with Crippen molar-refractivity contribution in [3.05, 3.63) is 34.9 Å². The minimum absolute atomic E-state index is 0.0716. The predicted octanol–water partition coefficient (Wildman–Crippen LogP) is 2.69. The van der Waals surface area contributed by atoms with Crippen LogP contribution in [-0.2, 0) is 15.9 Å². The molecule has 1 fully saturated rings. The quantitative estimate of drug-likeness (QED) is 0.659. The van der Waals surface area contributed by atoms with Gasteiger partial charge >= 0.3 is 0 Å². The first-order valence-electron chi connectivity index (χ1n) is 5.89. The van der Waals surface area contributed by atoms with Gasteiger partial charge in [-0.15, -0.1) is 0 Å². The highest BCUT2D eigenvalue weighted by Gasteiger charge is 2.59. The fourth-order valence-corrected chi connectivity index (χ4v) is 3.85. The summed E-state index contributed by atoms with van der Waals surface area (Å²) in [6.07, 6.45) is 3.20. The SMILES string of the molecule is Cc1cccc2c1[C@@]1(C)CC[C@]2(C)N1C=O. The molecule has 0 N–H and O–H groups in total. The lowest BCUT2D eigenvalue weighted by atomic mass is 9.76. The number of carbonyl (C=O) groups excluding carboxylic acids is 1. The third-order valence-electron chi connectivity index (χ3n) is 4.66. The number of fused-ring (bicyclic) bond motifs is 5. The molecule has 2 heterocycles. The van der Waals surface area contributed by atoms with Gasteiger partial charge in [-0.25, -0.2) is 0 Å². The van der Waals surface area contributed by atoms with Gasteiger partial charge in [-0.3, -0.25) is 4.79 Å². The topological polar surface area (TPSA) is 20.3 Å². The van der Waals surface area contributed by atoms with Crippen LogP contribution in [0.1, 0.15) is 43.4 Å². The second kappa shape index (κ2) is 2.68. The Hall–Kier alpha value is -1.31. The van der Waals surface area contributed by atoms with Gasteiger partial charge in [-0.05, 0) is 50.3 Å². The van der Waals surface area contributed by atoms with Gasteiger partial charge in [-0.1, -0.05) is 18.2 Å². The molecule has 1 aromatic carbocycles. The maximum Gasteiger partial charge on any atom is 0.211 e. The van der Waals surface area contributed by atoms with Gasteiger partial charge in [0.1, 0.15) is 0 Å². The van der Waals surface area contributed by atoms with Crippen LogP contribution in [0.4, 0.5) is 0 Å². The van der Waals surface area contributed by atoms with Crippen molar-refractivity contribution in [2.24, 2.45) is 0 Å². The Labute approximate surface area is 96.3 Å². The molecule has 2 aliphatic rings. The Kier molecular flexibility index (Phi) is 1.65. The highest BCUT2D eigenvalue weighted by Crippen LogP contribution is 2.59. The zero-order valence-corrected chi connectivity index (χ0v) is 10.1. The average molecular weight is 215 g/mol. The summed E-state index contributed by atoms with van der Waals surface area (Å²) in [5.74, 6) is 0. The summed E-state index contributed by atoms with van der Waals surface area (Å²) in [4.78, 5) is 13.4. The van der Waals surface area contributed by atoms with Crippen molar-refractivity contribution < 1.29 is 4.79 Å². The first kappa shape index (κ1) is 9.88. The van der Waals surface area contributed by atoms with Crippen LogP contribution >= 0.6 is 0 Å². The minimum Gasteiger partial charge on any atom is -0.326 e. The lowest BCUT2D eigenvalue weighted by Crippen LogP contribution is -2.39. The molecule has 0 aliphatic carbocycles. The summed E-state index contributed by atoms with van der Waals surface area (Å²) < 4.78 is 0. The van der Waals surface area contributed by atoms with Crippen LogP contribution in [0, 0.1) is 6.92 Å². The molecule has 0 saturated carbocycles. The van der Waals surface area contributed by atoms with Crippen molar-refractivity contribution in [2.45, 2.75) is 44.7 Å². The Morgan fingerprint density at radius 2 is 1.94 bits per heavy atom. The lowest BCUT2D eigenvalue weighted by Gasteiger charge is -2.32. The zero-order valence-electron chi connectivity index (χ0n) is 10.1. The second-order valence-electron chi connectivity index (χ2n) is 5.52. The molecule has 2 bridgehead atoms. The van der Waals surface area contributed by atoms with Crippen molar-refractivity contribution in [2.75, 3.05) is 0 Å². The summed E-state index contributed by atoms with van der Waals surface area (Å²) in [6, 6.07) is 6.44. The first-order chi connectivity index (χ1) is 7.54. The summed E-state index contributed by atoms with van der Waals surface area (Å²) in [5, 5.41) is 0. The number of amides is 1. The average Bonchev–Trinajstić information content (AvgIpc) is 2.61. The van der Waals surface area contributed by atoms with Gasteiger partial charge < -0.3 is 4.90 Å². The number of rotatable bonds is 1. The third kappa shape index (κ3) is 0.831.